The van der Waals surface area contributed by atoms with Gasteiger partial charge in [-0.05, 0) is 43.4 Å². The van der Waals surface area contributed by atoms with E-state index in [-0.39, 0.29) is 11.4 Å². The van der Waals surface area contributed by atoms with Crippen LogP contribution in [0.25, 0.3) is 0 Å². The molecule has 1 aromatic carbocycles. The second kappa shape index (κ2) is 5.55. The first-order chi connectivity index (χ1) is 9.46. The van der Waals surface area contributed by atoms with Crippen LogP contribution < -0.4 is 10.6 Å². The fraction of sp³-hybridized carbons (Fsp3) is 0.357. The third kappa shape index (κ3) is 2.94. The lowest BCUT2D eigenvalue weighted by Crippen LogP contribution is -2.46. The van der Waals surface area contributed by atoms with Crippen LogP contribution in [0.4, 0.5) is 5.69 Å². The first kappa shape index (κ1) is 14.4. The number of nitrogens with one attached hydrogen (secondary N) is 2. The fourth-order valence-electron chi connectivity index (χ4n) is 2.33. The van der Waals surface area contributed by atoms with Gasteiger partial charge in [0.15, 0.2) is 11.4 Å². The van der Waals surface area contributed by atoms with Gasteiger partial charge in [0.2, 0.25) is 5.91 Å². The molecule has 0 saturated carbocycles. The summed E-state index contributed by atoms with van der Waals surface area (Å²) in [5.41, 5.74) is 2.47. The van der Waals surface area contributed by atoms with E-state index in [0.717, 1.165) is 16.8 Å². The Kier molecular flexibility index (Phi) is 4.00. The highest BCUT2D eigenvalue weighted by molar-refractivity contribution is 8.13. The van der Waals surface area contributed by atoms with Gasteiger partial charge < -0.3 is 5.32 Å². The Morgan fingerprint density at radius 2 is 2.30 bits per heavy atom. The lowest BCUT2D eigenvalue weighted by molar-refractivity contribution is -0.122. The second-order valence-electron chi connectivity index (χ2n) is 5.05. The number of rotatable bonds is 1. The van der Waals surface area contributed by atoms with E-state index in [0.29, 0.717) is 11.6 Å². The van der Waals surface area contributed by atoms with Crippen LogP contribution in [0.5, 0.6) is 0 Å². The summed E-state index contributed by atoms with van der Waals surface area (Å²) in [6, 6.07) is 5.79. The normalized spacial score (nSPS) is 16.9. The number of aliphatic imine (C=N–C) groups is 1. The molecule has 2 rings (SSSR count). The van der Waals surface area contributed by atoms with E-state index >= 15 is 0 Å². The summed E-state index contributed by atoms with van der Waals surface area (Å²) in [6.45, 7) is 3.97. The van der Waals surface area contributed by atoms with Gasteiger partial charge in [-0.2, -0.15) is 5.26 Å². The van der Waals surface area contributed by atoms with E-state index in [1.807, 2.05) is 44.5 Å². The third-order valence-electron chi connectivity index (χ3n) is 3.15. The predicted molar refractivity (Wildman–Crippen MR) is 80.7 cm³/mol. The molecule has 0 unspecified atom stereocenters. The van der Waals surface area contributed by atoms with Crippen LogP contribution in [0.1, 0.15) is 25.0 Å². The Balaban J connectivity index is 2.40. The SMILES string of the molecule is CSC(=Nc1ccc2c(c1)CC(=O)NC2(C)C)NC#N. The van der Waals surface area contributed by atoms with E-state index < -0.39 is 0 Å². The van der Waals surface area contributed by atoms with Gasteiger partial charge in [0, 0.05) is 0 Å². The first-order valence-corrected chi connectivity index (χ1v) is 7.41. The van der Waals surface area contributed by atoms with Gasteiger partial charge in [0.05, 0.1) is 17.6 Å². The number of carbonyl (C=O) groups excluding carboxylic acids is 1. The van der Waals surface area contributed by atoms with Crippen LogP contribution in [-0.2, 0) is 16.8 Å². The van der Waals surface area contributed by atoms with Crippen molar-refractivity contribution in [3.63, 3.8) is 0 Å². The molecule has 0 atom stereocenters. The van der Waals surface area contributed by atoms with Gasteiger partial charge >= 0.3 is 0 Å². The molecule has 1 amide bonds. The largest absolute Gasteiger partial charge is 0.347 e. The average Bonchev–Trinajstić information content (AvgIpc) is 2.36. The van der Waals surface area contributed by atoms with Gasteiger partial charge in [-0.1, -0.05) is 17.8 Å². The molecule has 1 heterocycles. The number of carbonyl (C=O) groups is 1. The molecule has 0 saturated heterocycles. The minimum Gasteiger partial charge on any atom is -0.347 e. The number of hydrogen-bond acceptors (Lipinski definition) is 4. The maximum atomic E-state index is 11.7. The van der Waals surface area contributed by atoms with E-state index in [4.69, 9.17) is 5.26 Å². The summed E-state index contributed by atoms with van der Waals surface area (Å²) in [4.78, 5) is 16.1. The average molecular weight is 288 g/mol. The maximum absolute atomic E-state index is 11.7. The van der Waals surface area contributed by atoms with Crippen molar-refractivity contribution in [1.82, 2.24) is 10.6 Å². The molecule has 5 nitrogen and oxygen atoms in total. The standard InChI is InChI=1S/C14H16N4OS/c1-14(2)11-5-4-10(17-13(20-3)16-8-15)6-9(11)7-12(19)18-14/h4-6H,7H2,1-3H3,(H,16,17)(H,18,19). The smallest absolute Gasteiger partial charge is 0.225 e. The Morgan fingerprint density at radius 1 is 1.55 bits per heavy atom. The predicted octanol–water partition coefficient (Wildman–Crippen LogP) is 2.02. The van der Waals surface area contributed by atoms with Crippen molar-refractivity contribution < 1.29 is 4.79 Å². The van der Waals surface area contributed by atoms with Crippen molar-refractivity contribution >= 4 is 28.5 Å². The van der Waals surface area contributed by atoms with Crippen molar-refractivity contribution in [3.05, 3.63) is 29.3 Å². The van der Waals surface area contributed by atoms with Gasteiger partial charge in [0.1, 0.15) is 0 Å². The summed E-state index contributed by atoms with van der Waals surface area (Å²) in [5, 5.41) is 14.7. The van der Waals surface area contributed by atoms with Crippen LogP contribution >= 0.6 is 11.8 Å². The number of amidine groups is 1. The fourth-order valence-corrected chi connectivity index (χ4v) is 2.67. The molecule has 104 valence electrons. The molecule has 1 aliphatic rings. The zero-order valence-corrected chi connectivity index (χ0v) is 12.5. The minimum atomic E-state index is -0.361. The molecule has 0 aromatic heterocycles. The van der Waals surface area contributed by atoms with Gasteiger partial charge in [-0.25, -0.2) is 4.99 Å². The van der Waals surface area contributed by atoms with Crippen LogP contribution in [0.15, 0.2) is 23.2 Å². The molecule has 1 aromatic rings. The molecule has 0 fully saturated rings. The molecule has 20 heavy (non-hydrogen) atoms. The highest BCUT2D eigenvalue weighted by Gasteiger charge is 2.30. The molecule has 0 radical (unpaired) electrons. The Morgan fingerprint density at radius 3 is 2.95 bits per heavy atom. The summed E-state index contributed by atoms with van der Waals surface area (Å²) in [5.74, 6) is 0.0175. The molecule has 0 aliphatic carbocycles. The van der Waals surface area contributed by atoms with Gasteiger partial charge in [0.25, 0.3) is 0 Å². The minimum absolute atomic E-state index is 0.0175. The van der Waals surface area contributed by atoms with Crippen LogP contribution in [0, 0.1) is 11.5 Å². The monoisotopic (exact) mass is 288 g/mol. The summed E-state index contributed by atoms with van der Waals surface area (Å²) in [7, 11) is 0. The Bertz CT molecular complexity index is 616. The van der Waals surface area contributed by atoms with Crippen LogP contribution in [0.3, 0.4) is 0 Å². The topological polar surface area (TPSA) is 77.3 Å². The highest BCUT2D eigenvalue weighted by Crippen LogP contribution is 2.31. The van der Waals surface area contributed by atoms with Crippen molar-refractivity contribution in [1.29, 1.82) is 5.26 Å². The van der Waals surface area contributed by atoms with E-state index in [1.165, 1.54) is 11.8 Å². The molecule has 0 spiro atoms. The zero-order chi connectivity index (χ0) is 14.8. The quantitative estimate of drug-likeness (QED) is 0.359. The summed E-state index contributed by atoms with van der Waals surface area (Å²) in [6.07, 6.45) is 4.06. The number of benzene rings is 1. The molecular formula is C14H16N4OS. The van der Waals surface area contributed by atoms with Crippen molar-refractivity contribution in [3.8, 4) is 6.19 Å². The number of nitrogens with zero attached hydrogens (tertiary/aromatic N) is 2. The zero-order valence-electron chi connectivity index (χ0n) is 11.7. The number of amides is 1. The molecular weight excluding hydrogens is 272 g/mol. The maximum Gasteiger partial charge on any atom is 0.225 e. The van der Waals surface area contributed by atoms with E-state index in [9.17, 15) is 4.79 Å². The van der Waals surface area contributed by atoms with E-state index in [1.54, 1.807) is 0 Å². The van der Waals surface area contributed by atoms with Crippen molar-refractivity contribution in [2.24, 2.45) is 4.99 Å². The lowest BCUT2D eigenvalue weighted by Gasteiger charge is -2.33. The van der Waals surface area contributed by atoms with Gasteiger partial charge in [-0.15, -0.1) is 0 Å². The van der Waals surface area contributed by atoms with Crippen molar-refractivity contribution in [2.75, 3.05) is 6.26 Å². The van der Waals surface area contributed by atoms with Gasteiger partial charge in [-0.3, -0.25) is 10.1 Å². The number of nitriles is 1. The second-order valence-corrected chi connectivity index (χ2v) is 5.84. The Hall–Kier alpha value is -2.00. The molecule has 0 bridgehead atoms. The summed E-state index contributed by atoms with van der Waals surface area (Å²) >= 11 is 1.36. The number of hydrogen-bond donors (Lipinski definition) is 2. The third-order valence-corrected chi connectivity index (χ3v) is 3.73. The highest BCUT2D eigenvalue weighted by atomic mass is 32.2. The molecule has 1 aliphatic heterocycles. The van der Waals surface area contributed by atoms with E-state index in [2.05, 4.69) is 15.6 Å². The van der Waals surface area contributed by atoms with Crippen LogP contribution in [0.2, 0.25) is 0 Å². The van der Waals surface area contributed by atoms with Crippen molar-refractivity contribution in [2.45, 2.75) is 25.8 Å². The Labute approximate surface area is 122 Å². The number of thioether (sulfide) groups is 1. The summed E-state index contributed by atoms with van der Waals surface area (Å²) < 4.78 is 0. The molecule has 2 N–H and O–H groups in total. The first-order valence-electron chi connectivity index (χ1n) is 6.18. The lowest BCUT2D eigenvalue weighted by atomic mass is 9.85. The molecule has 6 heteroatoms. The van der Waals surface area contributed by atoms with Crippen LogP contribution in [-0.4, -0.2) is 17.3 Å². The number of fused-ring (bicyclic) bond motifs is 1.